The Hall–Kier alpha value is -0.300. The summed E-state index contributed by atoms with van der Waals surface area (Å²) in [4.78, 5) is 0. The SMILES string of the molecule is CC1(Cc2ccccc2)CC1CBr. The lowest BCUT2D eigenvalue weighted by Gasteiger charge is -2.09. The van der Waals surface area contributed by atoms with Crippen LogP contribution in [-0.2, 0) is 6.42 Å². The maximum atomic E-state index is 3.57. The smallest absolute Gasteiger partial charge is 0.00651 e. The lowest BCUT2D eigenvalue weighted by atomic mass is 9.97. The minimum absolute atomic E-state index is 0.574. The van der Waals surface area contributed by atoms with E-state index in [0.717, 1.165) is 11.2 Å². The Morgan fingerprint density at radius 1 is 1.38 bits per heavy atom. The zero-order valence-corrected chi connectivity index (χ0v) is 9.55. The van der Waals surface area contributed by atoms with Gasteiger partial charge >= 0.3 is 0 Å². The topological polar surface area (TPSA) is 0 Å². The Bertz CT molecular complexity index is 280. The van der Waals surface area contributed by atoms with Crippen LogP contribution in [0.15, 0.2) is 30.3 Å². The van der Waals surface area contributed by atoms with Crippen LogP contribution < -0.4 is 0 Å². The summed E-state index contributed by atoms with van der Waals surface area (Å²) in [5, 5.41) is 1.16. The molecule has 1 aliphatic rings. The van der Waals surface area contributed by atoms with Crippen LogP contribution in [0.4, 0.5) is 0 Å². The second-order valence-electron chi connectivity index (χ2n) is 4.37. The fourth-order valence-electron chi connectivity index (χ4n) is 2.02. The summed E-state index contributed by atoms with van der Waals surface area (Å²) < 4.78 is 0. The summed E-state index contributed by atoms with van der Waals surface area (Å²) in [7, 11) is 0. The summed E-state index contributed by atoms with van der Waals surface area (Å²) >= 11 is 3.57. The van der Waals surface area contributed by atoms with Gasteiger partial charge in [-0.2, -0.15) is 0 Å². The van der Waals surface area contributed by atoms with Crippen LogP contribution in [0.25, 0.3) is 0 Å². The van der Waals surface area contributed by atoms with E-state index in [2.05, 4.69) is 53.2 Å². The van der Waals surface area contributed by atoms with Gasteiger partial charge in [0.15, 0.2) is 0 Å². The molecule has 0 aromatic heterocycles. The number of hydrogen-bond acceptors (Lipinski definition) is 0. The van der Waals surface area contributed by atoms with Crippen molar-refractivity contribution in [2.75, 3.05) is 5.33 Å². The van der Waals surface area contributed by atoms with Gasteiger partial charge < -0.3 is 0 Å². The molecule has 0 bridgehead atoms. The zero-order chi connectivity index (χ0) is 9.31. The average Bonchev–Trinajstić information content (AvgIpc) is 2.78. The molecule has 0 spiro atoms. The van der Waals surface area contributed by atoms with Gasteiger partial charge in [-0.3, -0.25) is 0 Å². The molecule has 0 radical (unpaired) electrons. The molecule has 1 aromatic rings. The normalized spacial score (nSPS) is 31.7. The lowest BCUT2D eigenvalue weighted by molar-refractivity contribution is 0.522. The van der Waals surface area contributed by atoms with Crippen molar-refractivity contribution >= 4 is 15.9 Å². The highest BCUT2D eigenvalue weighted by Crippen LogP contribution is 2.54. The standard InChI is InChI=1S/C12H15Br/c1-12(8-11(12)9-13)7-10-5-3-2-4-6-10/h2-6,11H,7-9H2,1H3. The molecule has 0 nitrogen and oxygen atoms in total. The molecule has 70 valence electrons. The molecule has 1 aliphatic carbocycles. The maximum absolute atomic E-state index is 3.57. The van der Waals surface area contributed by atoms with Crippen molar-refractivity contribution in [1.82, 2.24) is 0 Å². The molecule has 0 aliphatic heterocycles. The predicted molar refractivity (Wildman–Crippen MR) is 60.2 cm³/mol. The van der Waals surface area contributed by atoms with Crippen molar-refractivity contribution in [2.24, 2.45) is 11.3 Å². The fraction of sp³-hybridized carbons (Fsp3) is 0.500. The highest BCUT2D eigenvalue weighted by Gasteiger charge is 2.48. The van der Waals surface area contributed by atoms with Gasteiger partial charge in [0, 0.05) is 5.33 Å². The second-order valence-corrected chi connectivity index (χ2v) is 5.02. The number of hydrogen-bond donors (Lipinski definition) is 0. The quantitative estimate of drug-likeness (QED) is 0.706. The Balaban J connectivity index is 2.00. The Morgan fingerprint density at radius 3 is 2.62 bits per heavy atom. The Morgan fingerprint density at radius 2 is 2.08 bits per heavy atom. The van der Waals surface area contributed by atoms with Crippen LogP contribution in [0.3, 0.4) is 0 Å². The molecular weight excluding hydrogens is 224 g/mol. The highest BCUT2D eigenvalue weighted by atomic mass is 79.9. The van der Waals surface area contributed by atoms with Crippen LogP contribution in [0.2, 0.25) is 0 Å². The number of rotatable bonds is 3. The largest absolute Gasteiger partial charge is 0.0925 e. The number of halogens is 1. The monoisotopic (exact) mass is 238 g/mol. The van der Waals surface area contributed by atoms with Crippen molar-refractivity contribution in [3.63, 3.8) is 0 Å². The third kappa shape index (κ3) is 1.96. The van der Waals surface area contributed by atoms with Crippen molar-refractivity contribution in [2.45, 2.75) is 19.8 Å². The molecule has 1 heteroatoms. The number of benzene rings is 1. The molecule has 13 heavy (non-hydrogen) atoms. The van der Waals surface area contributed by atoms with E-state index in [4.69, 9.17) is 0 Å². The third-order valence-electron chi connectivity index (χ3n) is 3.18. The van der Waals surface area contributed by atoms with Crippen molar-refractivity contribution in [1.29, 1.82) is 0 Å². The molecule has 1 fully saturated rings. The van der Waals surface area contributed by atoms with Gasteiger partial charge in [-0.1, -0.05) is 53.2 Å². The van der Waals surface area contributed by atoms with Crippen LogP contribution in [-0.4, -0.2) is 5.33 Å². The summed E-state index contributed by atoms with van der Waals surface area (Å²) in [6, 6.07) is 10.8. The minimum Gasteiger partial charge on any atom is -0.0925 e. The van der Waals surface area contributed by atoms with Crippen molar-refractivity contribution in [3.05, 3.63) is 35.9 Å². The van der Waals surface area contributed by atoms with E-state index in [9.17, 15) is 0 Å². The molecule has 0 amide bonds. The molecule has 1 aromatic carbocycles. The van der Waals surface area contributed by atoms with E-state index in [1.807, 2.05) is 0 Å². The zero-order valence-electron chi connectivity index (χ0n) is 7.96. The van der Waals surface area contributed by atoms with Crippen LogP contribution in [0.1, 0.15) is 18.9 Å². The first kappa shape index (κ1) is 9.26. The molecule has 2 rings (SSSR count). The average molecular weight is 239 g/mol. The van der Waals surface area contributed by atoms with E-state index >= 15 is 0 Å². The van der Waals surface area contributed by atoms with Gasteiger partial charge in [0.25, 0.3) is 0 Å². The molecule has 2 atom stereocenters. The first-order valence-electron chi connectivity index (χ1n) is 4.84. The summed E-state index contributed by atoms with van der Waals surface area (Å²) in [6.07, 6.45) is 2.62. The van der Waals surface area contributed by atoms with E-state index in [-0.39, 0.29) is 0 Å². The van der Waals surface area contributed by atoms with Crippen LogP contribution in [0, 0.1) is 11.3 Å². The predicted octanol–water partition coefficient (Wildman–Crippen LogP) is 3.65. The van der Waals surface area contributed by atoms with Gasteiger partial charge in [0.05, 0.1) is 0 Å². The van der Waals surface area contributed by atoms with E-state index in [1.54, 1.807) is 0 Å². The van der Waals surface area contributed by atoms with E-state index < -0.39 is 0 Å². The summed E-state index contributed by atoms with van der Waals surface area (Å²) in [6.45, 7) is 2.39. The molecule has 2 unspecified atom stereocenters. The molecule has 0 saturated heterocycles. The number of alkyl halides is 1. The van der Waals surface area contributed by atoms with E-state index in [1.165, 1.54) is 18.4 Å². The van der Waals surface area contributed by atoms with Gasteiger partial charge in [0.1, 0.15) is 0 Å². The summed E-state index contributed by atoms with van der Waals surface area (Å²) in [5.41, 5.74) is 2.05. The van der Waals surface area contributed by atoms with E-state index in [0.29, 0.717) is 5.41 Å². The lowest BCUT2D eigenvalue weighted by Crippen LogP contribution is -2.03. The Labute approximate surface area is 88.5 Å². The first-order chi connectivity index (χ1) is 6.24. The van der Waals surface area contributed by atoms with Gasteiger partial charge in [-0.05, 0) is 29.7 Å². The van der Waals surface area contributed by atoms with Crippen LogP contribution >= 0.6 is 15.9 Å². The van der Waals surface area contributed by atoms with Gasteiger partial charge in [-0.15, -0.1) is 0 Å². The van der Waals surface area contributed by atoms with Crippen molar-refractivity contribution in [3.8, 4) is 0 Å². The van der Waals surface area contributed by atoms with Gasteiger partial charge in [-0.25, -0.2) is 0 Å². The second kappa shape index (κ2) is 3.45. The molecular formula is C12H15Br. The third-order valence-corrected chi connectivity index (χ3v) is 3.96. The molecule has 1 saturated carbocycles. The first-order valence-corrected chi connectivity index (χ1v) is 5.97. The maximum Gasteiger partial charge on any atom is 0.00651 e. The van der Waals surface area contributed by atoms with Crippen LogP contribution in [0.5, 0.6) is 0 Å². The fourth-order valence-corrected chi connectivity index (χ4v) is 3.03. The molecule has 0 N–H and O–H groups in total. The van der Waals surface area contributed by atoms with Gasteiger partial charge in [0.2, 0.25) is 0 Å². The Kier molecular flexibility index (Phi) is 2.46. The summed E-state index contributed by atoms with van der Waals surface area (Å²) in [5.74, 6) is 0.896. The van der Waals surface area contributed by atoms with Crippen molar-refractivity contribution < 1.29 is 0 Å². The molecule has 0 heterocycles. The minimum atomic E-state index is 0.574. The highest BCUT2D eigenvalue weighted by molar-refractivity contribution is 9.09.